The molecule has 4 heteroatoms. The van der Waals surface area contributed by atoms with Gasteiger partial charge in [0.05, 0.1) is 6.54 Å². The lowest BCUT2D eigenvalue weighted by molar-refractivity contribution is 0.0773. The molecule has 2 aromatic rings. The van der Waals surface area contributed by atoms with Crippen molar-refractivity contribution < 1.29 is 4.39 Å². The number of imidazole rings is 1. The Hall–Kier alpha value is -1.68. The molecule has 1 aliphatic heterocycles. The minimum absolute atomic E-state index is 0.168. The van der Waals surface area contributed by atoms with Crippen LogP contribution >= 0.6 is 0 Å². The molecule has 0 N–H and O–H groups in total. The van der Waals surface area contributed by atoms with Crippen molar-refractivity contribution in [1.82, 2.24) is 14.5 Å². The number of likely N-dealkylation sites (tertiary alicyclic amines) is 1. The summed E-state index contributed by atoms with van der Waals surface area (Å²) in [4.78, 5) is 6.86. The Balaban J connectivity index is 1.69. The van der Waals surface area contributed by atoms with E-state index in [1.54, 1.807) is 12.1 Å². The van der Waals surface area contributed by atoms with E-state index in [-0.39, 0.29) is 5.82 Å². The minimum Gasteiger partial charge on any atom is -0.334 e. The lowest BCUT2D eigenvalue weighted by Crippen LogP contribution is -2.40. The van der Waals surface area contributed by atoms with Crippen molar-refractivity contribution in [3.8, 4) is 0 Å². The molecular formula is C16H20FN3. The van der Waals surface area contributed by atoms with Crippen LogP contribution in [-0.2, 0) is 13.1 Å². The zero-order valence-electron chi connectivity index (χ0n) is 11.8. The average Bonchev–Trinajstić information content (AvgIpc) is 2.85. The van der Waals surface area contributed by atoms with E-state index in [1.165, 1.54) is 5.56 Å². The number of hydrogen-bond donors (Lipinski definition) is 0. The summed E-state index contributed by atoms with van der Waals surface area (Å²) in [6.45, 7) is 5.15. The quantitative estimate of drug-likeness (QED) is 0.832. The van der Waals surface area contributed by atoms with E-state index in [4.69, 9.17) is 0 Å². The molecular weight excluding hydrogens is 253 g/mol. The molecule has 2 heterocycles. The van der Waals surface area contributed by atoms with Crippen LogP contribution in [0.15, 0.2) is 36.7 Å². The summed E-state index contributed by atoms with van der Waals surface area (Å²) in [7, 11) is 0. The first-order chi connectivity index (χ1) is 9.78. The maximum Gasteiger partial charge on any atom is 0.123 e. The topological polar surface area (TPSA) is 21.1 Å². The van der Waals surface area contributed by atoms with Gasteiger partial charge in [-0.25, -0.2) is 9.37 Å². The van der Waals surface area contributed by atoms with Gasteiger partial charge >= 0.3 is 0 Å². The zero-order valence-corrected chi connectivity index (χ0v) is 11.8. The second-order valence-corrected chi connectivity index (χ2v) is 5.36. The van der Waals surface area contributed by atoms with Crippen LogP contribution in [0.3, 0.4) is 0 Å². The Labute approximate surface area is 119 Å². The number of aryl methyl sites for hydroxylation is 1. The summed E-state index contributed by atoms with van der Waals surface area (Å²) in [5.41, 5.74) is 1.20. The summed E-state index contributed by atoms with van der Waals surface area (Å²) in [6.07, 6.45) is 6.17. The molecule has 1 atom stereocenters. The van der Waals surface area contributed by atoms with Crippen LogP contribution < -0.4 is 0 Å². The third kappa shape index (κ3) is 2.61. The van der Waals surface area contributed by atoms with E-state index in [1.807, 2.05) is 24.5 Å². The average molecular weight is 273 g/mol. The zero-order chi connectivity index (χ0) is 13.9. The first-order valence-electron chi connectivity index (χ1n) is 7.27. The lowest BCUT2D eigenvalue weighted by atomic mass is 9.95. The molecule has 1 unspecified atom stereocenters. The van der Waals surface area contributed by atoms with Crippen LogP contribution in [-0.4, -0.2) is 21.0 Å². The molecule has 1 aliphatic rings. The highest BCUT2D eigenvalue weighted by Gasteiger charge is 2.30. The van der Waals surface area contributed by atoms with Crippen LogP contribution in [0.2, 0.25) is 0 Å². The van der Waals surface area contributed by atoms with E-state index in [2.05, 4.69) is 21.4 Å². The van der Waals surface area contributed by atoms with Crippen molar-refractivity contribution >= 4 is 0 Å². The number of hydrogen-bond acceptors (Lipinski definition) is 2. The summed E-state index contributed by atoms with van der Waals surface area (Å²) < 4.78 is 15.2. The van der Waals surface area contributed by atoms with Gasteiger partial charge in [-0.15, -0.1) is 0 Å². The first-order valence-corrected chi connectivity index (χ1v) is 7.27. The van der Waals surface area contributed by atoms with Gasteiger partial charge < -0.3 is 4.57 Å². The standard InChI is InChI=1S/C16H20FN3/c1-2-9-19-11-8-18-16(19)12-20-10-7-15(20)13-3-5-14(17)6-4-13/h3-6,8,11,15H,2,7,9-10,12H2,1H3. The largest absolute Gasteiger partial charge is 0.334 e. The Morgan fingerprint density at radius 1 is 1.30 bits per heavy atom. The fourth-order valence-corrected chi connectivity index (χ4v) is 2.81. The van der Waals surface area contributed by atoms with E-state index >= 15 is 0 Å². The molecule has 1 fully saturated rings. The maximum absolute atomic E-state index is 13.0. The smallest absolute Gasteiger partial charge is 0.123 e. The van der Waals surface area contributed by atoms with Crippen LogP contribution in [0.25, 0.3) is 0 Å². The SMILES string of the molecule is CCCn1ccnc1CN1CCC1c1ccc(F)cc1. The van der Waals surface area contributed by atoms with Gasteiger partial charge in [0.2, 0.25) is 0 Å². The number of aromatic nitrogens is 2. The van der Waals surface area contributed by atoms with Crippen LogP contribution in [0.5, 0.6) is 0 Å². The third-order valence-corrected chi connectivity index (χ3v) is 4.00. The molecule has 0 radical (unpaired) electrons. The summed E-state index contributed by atoms with van der Waals surface area (Å²) in [5.74, 6) is 0.955. The van der Waals surface area contributed by atoms with Gasteiger partial charge in [0.1, 0.15) is 11.6 Å². The van der Waals surface area contributed by atoms with Gasteiger partial charge in [-0.1, -0.05) is 19.1 Å². The van der Waals surface area contributed by atoms with Crippen molar-refractivity contribution in [3.05, 3.63) is 53.9 Å². The molecule has 1 saturated heterocycles. The van der Waals surface area contributed by atoms with Crippen molar-refractivity contribution in [1.29, 1.82) is 0 Å². The highest BCUT2D eigenvalue weighted by atomic mass is 19.1. The van der Waals surface area contributed by atoms with E-state index < -0.39 is 0 Å². The fraction of sp³-hybridized carbons (Fsp3) is 0.438. The number of halogens is 1. The van der Waals surface area contributed by atoms with Gasteiger partial charge in [0, 0.05) is 31.5 Å². The van der Waals surface area contributed by atoms with Crippen molar-refractivity contribution in [2.24, 2.45) is 0 Å². The fourth-order valence-electron chi connectivity index (χ4n) is 2.81. The predicted octanol–water partition coefficient (Wildman–Crippen LogP) is 3.38. The van der Waals surface area contributed by atoms with Gasteiger partial charge in [0.25, 0.3) is 0 Å². The van der Waals surface area contributed by atoms with Gasteiger partial charge in [0.15, 0.2) is 0 Å². The number of benzene rings is 1. The molecule has 0 amide bonds. The minimum atomic E-state index is -0.168. The summed E-state index contributed by atoms with van der Waals surface area (Å²) >= 11 is 0. The Kier molecular flexibility index (Phi) is 3.83. The summed E-state index contributed by atoms with van der Waals surface area (Å²) in [6, 6.07) is 7.28. The highest BCUT2D eigenvalue weighted by Crippen LogP contribution is 2.34. The molecule has 20 heavy (non-hydrogen) atoms. The van der Waals surface area contributed by atoms with Crippen molar-refractivity contribution in [2.75, 3.05) is 6.54 Å². The van der Waals surface area contributed by atoms with E-state index in [0.717, 1.165) is 38.3 Å². The summed E-state index contributed by atoms with van der Waals surface area (Å²) in [5, 5.41) is 0. The second-order valence-electron chi connectivity index (χ2n) is 5.36. The Bertz CT molecular complexity index is 561. The van der Waals surface area contributed by atoms with Crippen molar-refractivity contribution in [3.63, 3.8) is 0 Å². The van der Waals surface area contributed by atoms with Crippen LogP contribution in [0.4, 0.5) is 4.39 Å². The molecule has 0 saturated carbocycles. The van der Waals surface area contributed by atoms with Gasteiger partial charge in [-0.3, -0.25) is 4.90 Å². The molecule has 0 aliphatic carbocycles. The molecule has 0 bridgehead atoms. The van der Waals surface area contributed by atoms with Gasteiger partial charge in [-0.05, 0) is 30.5 Å². The van der Waals surface area contributed by atoms with Crippen LogP contribution in [0, 0.1) is 5.82 Å². The first kappa shape index (κ1) is 13.3. The predicted molar refractivity (Wildman–Crippen MR) is 76.7 cm³/mol. The Morgan fingerprint density at radius 2 is 2.10 bits per heavy atom. The molecule has 0 spiro atoms. The maximum atomic E-state index is 13.0. The normalized spacial score (nSPS) is 19.0. The second kappa shape index (κ2) is 5.75. The molecule has 1 aromatic carbocycles. The molecule has 106 valence electrons. The van der Waals surface area contributed by atoms with Gasteiger partial charge in [-0.2, -0.15) is 0 Å². The third-order valence-electron chi connectivity index (χ3n) is 4.00. The number of rotatable bonds is 5. The molecule has 3 rings (SSSR count). The monoisotopic (exact) mass is 273 g/mol. The number of nitrogens with zero attached hydrogens (tertiary/aromatic N) is 3. The van der Waals surface area contributed by atoms with E-state index in [0.29, 0.717) is 6.04 Å². The molecule has 1 aromatic heterocycles. The molecule has 3 nitrogen and oxygen atoms in total. The van der Waals surface area contributed by atoms with Crippen LogP contribution in [0.1, 0.15) is 37.2 Å². The lowest BCUT2D eigenvalue weighted by Gasteiger charge is -2.41. The Morgan fingerprint density at radius 3 is 2.75 bits per heavy atom. The highest BCUT2D eigenvalue weighted by molar-refractivity contribution is 5.22. The van der Waals surface area contributed by atoms with Crippen molar-refractivity contribution in [2.45, 2.75) is 38.9 Å². The van der Waals surface area contributed by atoms with E-state index in [9.17, 15) is 4.39 Å².